The van der Waals surface area contributed by atoms with Crippen molar-refractivity contribution in [2.24, 2.45) is 5.92 Å². The first-order valence-electron chi connectivity index (χ1n) is 5.25. The number of carbonyl (C=O) groups excluding carboxylic acids is 1. The van der Waals surface area contributed by atoms with E-state index in [0.717, 1.165) is 5.56 Å². The van der Waals surface area contributed by atoms with Crippen LogP contribution in [0.25, 0.3) is 6.08 Å². The summed E-state index contributed by atoms with van der Waals surface area (Å²) >= 11 is 0. The van der Waals surface area contributed by atoms with E-state index in [1.807, 2.05) is 12.1 Å². The molecule has 1 rings (SSSR count). The molecule has 1 atom stereocenters. The summed E-state index contributed by atoms with van der Waals surface area (Å²) in [5, 5.41) is 19.9. The Kier molecular flexibility index (Phi) is 4.92. The van der Waals surface area contributed by atoms with Crippen LogP contribution in [0, 0.1) is 17.2 Å². The van der Waals surface area contributed by atoms with Crippen molar-refractivity contribution in [2.45, 2.75) is 6.92 Å². The van der Waals surface area contributed by atoms with Crippen molar-refractivity contribution in [3.63, 3.8) is 0 Å². The van der Waals surface area contributed by atoms with Gasteiger partial charge in [0.1, 0.15) is 5.92 Å². The van der Waals surface area contributed by atoms with Gasteiger partial charge in [-0.25, -0.2) is 0 Å². The number of aliphatic hydroxyl groups excluding tert-OH is 1. The van der Waals surface area contributed by atoms with Gasteiger partial charge in [0, 0.05) is 5.69 Å². The molecular weight excluding hydrogens is 216 g/mol. The van der Waals surface area contributed by atoms with Gasteiger partial charge in [0.15, 0.2) is 0 Å². The number of nitrogens with one attached hydrogen (secondary N) is 1. The molecular formula is C13H14N2O2. The Morgan fingerprint density at radius 3 is 3.06 bits per heavy atom. The molecule has 88 valence electrons. The molecule has 17 heavy (non-hydrogen) atoms. The predicted molar refractivity (Wildman–Crippen MR) is 66.0 cm³/mol. The standard InChI is InChI=1S/C13H14N2O2/c1-10(9-14)13(17)15-12-6-2-4-11(8-12)5-3-7-16/h2-6,8,10,16H,7H2,1H3,(H,15,17). The number of hydrogen-bond acceptors (Lipinski definition) is 3. The van der Waals surface area contributed by atoms with E-state index < -0.39 is 5.92 Å². The van der Waals surface area contributed by atoms with E-state index in [1.165, 1.54) is 0 Å². The number of aliphatic hydroxyl groups is 1. The lowest BCUT2D eigenvalue weighted by molar-refractivity contribution is -0.117. The fourth-order valence-electron chi connectivity index (χ4n) is 1.22. The molecule has 1 unspecified atom stereocenters. The van der Waals surface area contributed by atoms with Crippen LogP contribution in [0.15, 0.2) is 30.3 Å². The molecule has 0 heterocycles. The average molecular weight is 230 g/mol. The van der Waals surface area contributed by atoms with Crippen LogP contribution in [0.2, 0.25) is 0 Å². The molecule has 4 heteroatoms. The number of amides is 1. The second kappa shape index (κ2) is 6.46. The second-order valence-electron chi connectivity index (χ2n) is 3.55. The zero-order valence-corrected chi connectivity index (χ0v) is 9.55. The first-order chi connectivity index (χ1) is 8.17. The van der Waals surface area contributed by atoms with Crippen LogP contribution >= 0.6 is 0 Å². The number of benzene rings is 1. The van der Waals surface area contributed by atoms with Gasteiger partial charge < -0.3 is 10.4 Å². The van der Waals surface area contributed by atoms with Gasteiger partial charge in [-0.05, 0) is 24.6 Å². The van der Waals surface area contributed by atoms with Crippen LogP contribution < -0.4 is 5.32 Å². The van der Waals surface area contributed by atoms with Crippen molar-refractivity contribution >= 4 is 17.7 Å². The van der Waals surface area contributed by atoms with Gasteiger partial charge >= 0.3 is 0 Å². The molecule has 0 saturated heterocycles. The van der Waals surface area contributed by atoms with Gasteiger partial charge in [0.05, 0.1) is 12.7 Å². The summed E-state index contributed by atoms with van der Waals surface area (Å²) in [6.07, 6.45) is 3.36. The number of nitrogens with zero attached hydrogens (tertiary/aromatic N) is 1. The third-order valence-corrected chi connectivity index (χ3v) is 2.16. The number of nitriles is 1. The van der Waals surface area contributed by atoms with Crippen molar-refractivity contribution in [3.05, 3.63) is 35.9 Å². The van der Waals surface area contributed by atoms with Gasteiger partial charge in [-0.3, -0.25) is 4.79 Å². The molecule has 0 saturated carbocycles. The van der Waals surface area contributed by atoms with E-state index in [-0.39, 0.29) is 12.5 Å². The van der Waals surface area contributed by atoms with Gasteiger partial charge in [0.25, 0.3) is 0 Å². The van der Waals surface area contributed by atoms with Crippen molar-refractivity contribution in [1.29, 1.82) is 5.26 Å². The first kappa shape index (κ1) is 12.9. The van der Waals surface area contributed by atoms with Crippen LogP contribution in [0.5, 0.6) is 0 Å². The normalized spacial score (nSPS) is 12.1. The quantitative estimate of drug-likeness (QED) is 0.828. The van der Waals surface area contributed by atoms with E-state index in [4.69, 9.17) is 10.4 Å². The smallest absolute Gasteiger partial charge is 0.241 e. The van der Waals surface area contributed by atoms with Gasteiger partial charge in [-0.2, -0.15) is 5.26 Å². The molecule has 1 aromatic carbocycles. The zero-order chi connectivity index (χ0) is 12.7. The Labute approximate surface area is 100 Å². The first-order valence-corrected chi connectivity index (χ1v) is 5.25. The number of anilines is 1. The molecule has 1 amide bonds. The van der Waals surface area contributed by atoms with E-state index in [1.54, 1.807) is 37.3 Å². The van der Waals surface area contributed by atoms with Gasteiger partial charge in [0.2, 0.25) is 5.91 Å². The van der Waals surface area contributed by atoms with Crippen molar-refractivity contribution in [1.82, 2.24) is 0 Å². The Morgan fingerprint density at radius 2 is 2.41 bits per heavy atom. The fourth-order valence-corrected chi connectivity index (χ4v) is 1.22. The summed E-state index contributed by atoms with van der Waals surface area (Å²) in [5.74, 6) is -0.998. The fraction of sp³-hybridized carbons (Fsp3) is 0.231. The molecule has 0 aliphatic rings. The SMILES string of the molecule is CC(C#N)C(=O)Nc1cccc(C=CCO)c1. The Balaban J connectivity index is 2.76. The largest absolute Gasteiger partial charge is 0.392 e. The van der Waals surface area contributed by atoms with Gasteiger partial charge in [-0.1, -0.05) is 24.3 Å². The van der Waals surface area contributed by atoms with Gasteiger partial charge in [-0.15, -0.1) is 0 Å². The number of rotatable bonds is 4. The topological polar surface area (TPSA) is 73.1 Å². The van der Waals surface area contributed by atoms with Crippen LogP contribution in [0.3, 0.4) is 0 Å². The molecule has 4 nitrogen and oxygen atoms in total. The molecule has 0 bridgehead atoms. The predicted octanol–water partition coefficient (Wildman–Crippen LogP) is 1.79. The van der Waals surface area contributed by atoms with E-state index in [2.05, 4.69) is 5.32 Å². The van der Waals surface area contributed by atoms with Crippen LogP contribution in [-0.2, 0) is 4.79 Å². The molecule has 0 spiro atoms. The molecule has 0 fully saturated rings. The summed E-state index contributed by atoms with van der Waals surface area (Å²) < 4.78 is 0. The van der Waals surface area contributed by atoms with E-state index in [0.29, 0.717) is 5.69 Å². The van der Waals surface area contributed by atoms with Crippen molar-refractivity contribution < 1.29 is 9.90 Å². The lowest BCUT2D eigenvalue weighted by Gasteiger charge is -2.06. The van der Waals surface area contributed by atoms with Crippen LogP contribution in [0.1, 0.15) is 12.5 Å². The maximum Gasteiger partial charge on any atom is 0.241 e. The molecule has 0 aliphatic carbocycles. The summed E-state index contributed by atoms with van der Waals surface area (Å²) in [5.41, 5.74) is 1.51. The minimum Gasteiger partial charge on any atom is -0.392 e. The molecule has 1 aromatic rings. The second-order valence-corrected chi connectivity index (χ2v) is 3.55. The monoisotopic (exact) mass is 230 g/mol. The Hall–Kier alpha value is -2.12. The number of carbonyl (C=O) groups is 1. The Morgan fingerprint density at radius 1 is 1.65 bits per heavy atom. The third kappa shape index (κ3) is 4.09. The molecule has 2 N–H and O–H groups in total. The third-order valence-electron chi connectivity index (χ3n) is 2.16. The maximum atomic E-state index is 11.5. The van der Waals surface area contributed by atoms with E-state index in [9.17, 15) is 4.79 Å². The highest BCUT2D eigenvalue weighted by atomic mass is 16.2. The lowest BCUT2D eigenvalue weighted by atomic mass is 10.1. The van der Waals surface area contributed by atoms with Crippen LogP contribution in [0.4, 0.5) is 5.69 Å². The maximum absolute atomic E-state index is 11.5. The minimum absolute atomic E-state index is 0.0257. The highest BCUT2D eigenvalue weighted by molar-refractivity contribution is 5.94. The Bertz CT molecular complexity index is 461. The summed E-state index contributed by atoms with van der Waals surface area (Å²) in [4.78, 5) is 11.5. The molecule has 0 aromatic heterocycles. The lowest BCUT2D eigenvalue weighted by Crippen LogP contribution is -2.18. The van der Waals surface area contributed by atoms with Crippen molar-refractivity contribution in [2.75, 3.05) is 11.9 Å². The van der Waals surface area contributed by atoms with Crippen molar-refractivity contribution in [3.8, 4) is 6.07 Å². The minimum atomic E-state index is -0.674. The number of hydrogen-bond donors (Lipinski definition) is 2. The summed E-state index contributed by atoms with van der Waals surface area (Å²) in [6.45, 7) is 1.52. The summed E-state index contributed by atoms with van der Waals surface area (Å²) in [7, 11) is 0. The highest BCUT2D eigenvalue weighted by Crippen LogP contribution is 2.13. The highest BCUT2D eigenvalue weighted by Gasteiger charge is 2.11. The van der Waals surface area contributed by atoms with Crippen LogP contribution in [-0.4, -0.2) is 17.6 Å². The average Bonchev–Trinajstić information content (AvgIpc) is 2.35. The molecule has 0 radical (unpaired) electrons. The van der Waals surface area contributed by atoms with E-state index >= 15 is 0 Å². The zero-order valence-electron chi connectivity index (χ0n) is 9.55. The molecule has 0 aliphatic heterocycles. The summed E-state index contributed by atoms with van der Waals surface area (Å²) in [6, 6.07) is 9.05.